The van der Waals surface area contributed by atoms with E-state index in [9.17, 15) is 27.6 Å². The highest BCUT2D eigenvalue weighted by atomic mass is 32.2. The zero-order valence-electron chi connectivity index (χ0n) is 31.6. The Morgan fingerprint density at radius 2 is 1.65 bits per heavy atom. The van der Waals surface area contributed by atoms with Crippen molar-refractivity contribution in [2.75, 3.05) is 20.8 Å². The summed E-state index contributed by atoms with van der Waals surface area (Å²) < 4.78 is 44.7. The van der Waals surface area contributed by atoms with E-state index < -0.39 is 73.6 Å². The van der Waals surface area contributed by atoms with E-state index in [1.165, 1.54) is 18.1 Å². The molecule has 2 aromatic rings. The van der Waals surface area contributed by atoms with Gasteiger partial charge in [-0.25, -0.2) is 18.2 Å². The number of hydrogen-bond donors (Lipinski definition) is 3. The Bertz CT molecular complexity index is 1870. The molecule has 1 saturated heterocycles. The van der Waals surface area contributed by atoms with Crippen LogP contribution in [0.1, 0.15) is 77.7 Å². The van der Waals surface area contributed by atoms with Crippen LogP contribution in [0.15, 0.2) is 55.3 Å². The van der Waals surface area contributed by atoms with E-state index >= 15 is 0 Å². The number of hydrogen-bond acceptors (Lipinski definition) is 10. The molecule has 2 heterocycles. The molecule has 15 heteroatoms. The molecule has 0 unspecified atom stereocenters. The number of pyridine rings is 1. The number of nitrogens with one attached hydrogen (secondary N) is 3. The van der Waals surface area contributed by atoms with Crippen LogP contribution >= 0.6 is 0 Å². The van der Waals surface area contributed by atoms with E-state index in [0.717, 1.165) is 36.8 Å². The van der Waals surface area contributed by atoms with Crippen LogP contribution in [0.25, 0.3) is 11.1 Å². The van der Waals surface area contributed by atoms with Gasteiger partial charge in [0.2, 0.25) is 27.7 Å². The van der Waals surface area contributed by atoms with Crippen LogP contribution in [0.3, 0.4) is 0 Å². The lowest BCUT2D eigenvalue weighted by Crippen LogP contribution is -2.60. The van der Waals surface area contributed by atoms with Crippen LogP contribution in [0.2, 0.25) is 0 Å². The highest BCUT2D eigenvalue weighted by molar-refractivity contribution is 7.91. The minimum absolute atomic E-state index is 0.00468. The topological polar surface area (TPSA) is 182 Å². The van der Waals surface area contributed by atoms with Crippen LogP contribution in [0.4, 0.5) is 4.79 Å². The number of likely N-dealkylation sites (tertiary alicyclic amines) is 1. The van der Waals surface area contributed by atoms with E-state index in [-0.39, 0.29) is 25.5 Å². The molecule has 0 spiro atoms. The third-order valence-electron chi connectivity index (χ3n) is 11.2. The van der Waals surface area contributed by atoms with Crippen LogP contribution < -0.4 is 20.1 Å². The van der Waals surface area contributed by atoms with Crippen LogP contribution in [0, 0.1) is 11.3 Å². The van der Waals surface area contributed by atoms with Crippen molar-refractivity contribution >= 4 is 33.8 Å². The summed E-state index contributed by atoms with van der Waals surface area (Å²) in [6.07, 6.45) is 6.75. The Balaban J connectivity index is 1.31. The van der Waals surface area contributed by atoms with Crippen molar-refractivity contribution in [1.82, 2.24) is 25.2 Å². The van der Waals surface area contributed by atoms with Gasteiger partial charge in [0.15, 0.2) is 0 Å². The molecule has 292 valence electrons. The number of aromatic nitrogens is 1. The smallest absolute Gasteiger partial charge is 0.408 e. The van der Waals surface area contributed by atoms with Gasteiger partial charge in [-0.2, -0.15) is 0 Å². The Morgan fingerprint density at radius 1 is 0.981 bits per heavy atom. The lowest BCUT2D eigenvalue weighted by molar-refractivity contribution is -0.143. The highest BCUT2D eigenvalue weighted by Crippen LogP contribution is 2.47. The number of nitrogens with zero attached hydrogens (tertiary/aromatic N) is 2. The van der Waals surface area contributed by atoms with Crippen molar-refractivity contribution in [1.29, 1.82) is 0 Å². The van der Waals surface area contributed by atoms with Crippen LogP contribution in [-0.4, -0.2) is 91.9 Å². The van der Waals surface area contributed by atoms with Gasteiger partial charge in [0.1, 0.15) is 29.3 Å². The summed E-state index contributed by atoms with van der Waals surface area (Å²) in [5, 5.41) is 4.98. The fourth-order valence-electron chi connectivity index (χ4n) is 7.59. The summed E-state index contributed by atoms with van der Waals surface area (Å²) in [6, 6.07) is 8.92. The average molecular weight is 766 g/mol. The minimum atomic E-state index is -3.91. The Kier molecular flexibility index (Phi) is 10.9. The number of sulfonamides is 1. The lowest BCUT2D eigenvalue weighted by atomic mass is 9.85. The molecule has 3 saturated carbocycles. The predicted molar refractivity (Wildman–Crippen MR) is 199 cm³/mol. The first kappa shape index (κ1) is 39.2. The molecule has 1 aliphatic heterocycles. The fourth-order valence-corrected chi connectivity index (χ4v) is 8.96. The zero-order valence-corrected chi connectivity index (χ0v) is 32.4. The second-order valence-electron chi connectivity index (χ2n) is 16.0. The molecule has 4 aliphatic rings. The summed E-state index contributed by atoms with van der Waals surface area (Å²) in [5.74, 6) is -2.07. The molecule has 3 N–H and O–H groups in total. The van der Waals surface area contributed by atoms with Crippen LogP contribution in [0.5, 0.6) is 5.88 Å². The maximum absolute atomic E-state index is 14.7. The third kappa shape index (κ3) is 7.97. The average Bonchev–Trinajstić information content (AvgIpc) is 4.03. The molecule has 5 atom stereocenters. The highest BCUT2D eigenvalue weighted by Gasteiger charge is 2.62. The van der Waals surface area contributed by atoms with Gasteiger partial charge in [-0.05, 0) is 67.6 Å². The van der Waals surface area contributed by atoms with Crippen molar-refractivity contribution < 1.29 is 41.8 Å². The quantitative estimate of drug-likeness (QED) is 0.253. The maximum Gasteiger partial charge on any atom is 0.408 e. The molecule has 1 aromatic carbocycles. The van der Waals surface area contributed by atoms with Gasteiger partial charge in [0, 0.05) is 37.3 Å². The molecule has 54 heavy (non-hydrogen) atoms. The molecule has 14 nitrogen and oxygen atoms in total. The number of ether oxygens (including phenoxy) is 3. The number of benzene rings is 1. The summed E-state index contributed by atoms with van der Waals surface area (Å²) in [4.78, 5) is 61.7. The van der Waals surface area contributed by atoms with Gasteiger partial charge in [0.25, 0.3) is 5.91 Å². The fraction of sp³-hybridized carbons (Fsp3) is 0.564. The normalized spacial score (nSPS) is 26.1. The molecular formula is C39H51N5O9S. The van der Waals surface area contributed by atoms with Gasteiger partial charge in [-0.3, -0.25) is 19.1 Å². The van der Waals surface area contributed by atoms with E-state index in [4.69, 9.17) is 14.2 Å². The first-order valence-corrected chi connectivity index (χ1v) is 20.0. The van der Waals surface area contributed by atoms with Crippen molar-refractivity contribution in [2.24, 2.45) is 11.3 Å². The van der Waals surface area contributed by atoms with E-state index in [2.05, 4.69) is 26.9 Å². The Morgan fingerprint density at radius 3 is 2.19 bits per heavy atom. The molecule has 4 amide bonds. The molecule has 1 aromatic heterocycles. The van der Waals surface area contributed by atoms with Gasteiger partial charge in [0.05, 0.1) is 18.9 Å². The number of carbonyl (C=O) groups is 4. The second kappa shape index (κ2) is 15.0. The van der Waals surface area contributed by atoms with Crippen molar-refractivity contribution in [2.45, 2.75) is 107 Å². The van der Waals surface area contributed by atoms with Crippen LogP contribution in [-0.2, 0) is 39.5 Å². The molecule has 4 fully saturated rings. The lowest BCUT2D eigenvalue weighted by Gasteiger charge is -2.36. The molecule has 3 aliphatic carbocycles. The standard InChI is InChI=1S/C39H51N5O9S/c1-7-26-20-39(26,35(47)43-54(49,50)29-17-18-29)42-33(45)30-21-38(52-6,27-15-12-24(13-16-27)25-14-19-31(51-5)40-22-25)23-44(30)34(46)32(37(2,3)4)41-36(48)53-28-10-8-9-11-28/h7,12-16,19,22,26,28-30,32H,1,8-11,17-18,20-21,23H2,2-6H3,(H,41,48)(H,42,45)(H,43,47)/t26-,30+,32-,38+,39-/m1/s1. The maximum atomic E-state index is 14.7. The Labute approximate surface area is 316 Å². The first-order chi connectivity index (χ1) is 25.6. The minimum Gasteiger partial charge on any atom is -0.481 e. The first-order valence-electron chi connectivity index (χ1n) is 18.5. The molecular weight excluding hydrogens is 715 g/mol. The number of alkyl carbamates (subject to hydrolysis) is 1. The van der Waals surface area contributed by atoms with Gasteiger partial charge in [-0.15, -0.1) is 6.58 Å². The number of carbonyl (C=O) groups excluding carboxylic acids is 4. The van der Waals surface area contributed by atoms with Crippen molar-refractivity contribution in [3.8, 4) is 17.0 Å². The number of amides is 4. The van der Waals surface area contributed by atoms with E-state index in [0.29, 0.717) is 24.3 Å². The predicted octanol–water partition coefficient (Wildman–Crippen LogP) is 3.95. The molecule has 0 radical (unpaired) electrons. The Hall–Kier alpha value is -4.50. The monoisotopic (exact) mass is 765 g/mol. The number of methoxy groups -OCH3 is 2. The summed E-state index contributed by atoms with van der Waals surface area (Å²) in [7, 11) is -0.853. The summed E-state index contributed by atoms with van der Waals surface area (Å²) in [5.41, 5.74) is -1.12. The molecule has 0 bridgehead atoms. The van der Waals surface area contributed by atoms with E-state index in [1.54, 1.807) is 19.4 Å². The van der Waals surface area contributed by atoms with Crippen molar-refractivity contribution in [3.05, 3.63) is 60.8 Å². The zero-order chi connectivity index (χ0) is 39.1. The summed E-state index contributed by atoms with van der Waals surface area (Å²) >= 11 is 0. The van der Waals surface area contributed by atoms with Crippen molar-refractivity contribution in [3.63, 3.8) is 0 Å². The van der Waals surface area contributed by atoms with Gasteiger partial charge < -0.3 is 29.7 Å². The third-order valence-corrected chi connectivity index (χ3v) is 13.0. The largest absolute Gasteiger partial charge is 0.481 e. The second-order valence-corrected chi connectivity index (χ2v) is 17.9. The molecule has 6 rings (SSSR count). The SMILES string of the molecule is C=C[C@@H]1C[C@]1(NC(=O)[C@@H]1C[C@@](OC)(c2ccc(-c3ccc(OC)nc3)cc2)CN1C(=O)[C@@H](NC(=O)OC1CCCC1)C(C)(C)C)C(=O)NS(=O)(=O)C1CC1. The number of rotatable bonds is 13. The van der Waals surface area contributed by atoms with E-state index in [1.807, 2.05) is 51.1 Å². The van der Waals surface area contributed by atoms with Gasteiger partial charge >= 0.3 is 6.09 Å². The van der Waals surface area contributed by atoms with Gasteiger partial charge in [-0.1, -0.05) is 51.1 Å². The summed E-state index contributed by atoms with van der Waals surface area (Å²) in [6.45, 7) is 9.17.